The van der Waals surface area contributed by atoms with Crippen LogP contribution in [-0.2, 0) is 11.8 Å². The van der Waals surface area contributed by atoms with Crippen molar-refractivity contribution >= 4 is 34.5 Å². The fraction of sp³-hybridized carbons (Fsp3) is 0.400. The number of piperazine rings is 1. The Kier molecular flexibility index (Phi) is 5.07. The summed E-state index contributed by atoms with van der Waals surface area (Å²) in [5.74, 6) is 2.94. The SMILES string of the molecule is Cn1ncc2c(N3CCN(C(=O)CSc4ccc5c(c4)OCCO5)CC3)ncnc21. The number of aryl methyl sites for hydroxylation is 1. The van der Waals surface area contributed by atoms with E-state index in [1.165, 1.54) is 11.8 Å². The van der Waals surface area contributed by atoms with Gasteiger partial charge in [-0.3, -0.25) is 9.48 Å². The van der Waals surface area contributed by atoms with Crippen LogP contribution in [0.3, 0.4) is 0 Å². The normalized spacial score (nSPS) is 16.2. The Morgan fingerprint density at radius 3 is 2.73 bits per heavy atom. The van der Waals surface area contributed by atoms with E-state index in [-0.39, 0.29) is 5.91 Å². The molecular formula is C20H22N6O3S. The summed E-state index contributed by atoms with van der Waals surface area (Å²) >= 11 is 1.52. The van der Waals surface area contributed by atoms with Crippen molar-refractivity contribution in [2.45, 2.75) is 4.90 Å². The van der Waals surface area contributed by atoms with E-state index < -0.39 is 0 Å². The summed E-state index contributed by atoms with van der Waals surface area (Å²) in [5, 5.41) is 5.22. The number of carbonyl (C=O) groups is 1. The van der Waals surface area contributed by atoms with Gasteiger partial charge in [0.05, 0.1) is 17.3 Å². The number of nitrogens with zero attached hydrogens (tertiary/aromatic N) is 6. The first-order valence-corrected chi connectivity index (χ1v) is 10.9. The molecule has 3 aromatic rings. The molecule has 0 N–H and O–H groups in total. The molecule has 156 valence electrons. The zero-order chi connectivity index (χ0) is 20.5. The molecule has 4 heterocycles. The van der Waals surface area contributed by atoms with Gasteiger partial charge < -0.3 is 19.3 Å². The Bertz CT molecular complexity index is 1080. The lowest BCUT2D eigenvalue weighted by Gasteiger charge is -2.35. The van der Waals surface area contributed by atoms with Crippen LogP contribution in [0.1, 0.15) is 0 Å². The van der Waals surface area contributed by atoms with Gasteiger partial charge in [0.1, 0.15) is 25.4 Å². The summed E-state index contributed by atoms with van der Waals surface area (Å²) in [4.78, 5) is 26.6. The minimum atomic E-state index is 0.142. The molecule has 0 aliphatic carbocycles. The van der Waals surface area contributed by atoms with Crippen molar-refractivity contribution in [3.63, 3.8) is 0 Å². The van der Waals surface area contributed by atoms with Crippen LogP contribution in [0.5, 0.6) is 11.5 Å². The second-order valence-corrected chi connectivity index (χ2v) is 8.21. The number of hydrogen-bond donors (Lipinski definition) is 0. The van der Waals surface area contributed by atoms with Gasteiger partial charge in [-0.1, -0.05) is 0 Å². The third kappa shape index (κ3) is 3.62. The second-order valence-electron chi connectivity index (χ2n) is 7.16. The molecule has 10 heteroatoms. The van der Waals surface area contributed by atoms with Crippen molar-refractivity contribution in [3.8, 4) is 11.5 Å². The van der Waals surface area contributed by atoms with Gasteiger partial charge in [-0.25, -0.2) is 9.97 Å². The predicted molar refractivity (Wildman–Crippen MR) is 113 cm³/mol. The topological polar surface area (TPSA) is 85.6 Å². The number of carbonyl (C=O) groups excluding carboxylic acids is 1. The second kappa shape index (κ2) is 8.02. The maximum absolute atomic E-state index is 12.7. The maximum atomic E-state index is 12.7. The number of hydrogen-bond acceptors (Lipinski definition) is 8. The molecule has 1 fully saturated rings. The summed E-state index contributed by atoms with van der Waals surface area (Å²) < 4.78 is 12.9. The van der Waals surface area contributed by atoms with Crippen molar-refractivity contribution < 1.29 is 14.3 Å². The van der Waals surface area contributed by atoms with E-state index >= 15 is 0 Å². The van der Waals surface area contributed by atoms with Gasteiger partial charge in [0, 0.05) is 38.1 Å². The van der Waals surface area contributed by atoms with Crippen molar-refractivity contribution in [1.29, 1.82) is 0 Å². The number of ether oxygens (including phenoxy) is 2. The van der Waals surface area contributed by atoms with Crippen LogP contribution >= 0.6 is 11.8 Å². The molecule has 1 amide bonds. The summed E-state index contributed by atoms with van der Waals surface area (Å²) in [6.07, 6.45) is 3.37. The fourth-order valence-corrected chi connectivity index (χ4v) is 4.55. The van der Waals surface area contributed by atoms with Gasteiger partial charge >= 0.3 is 0 Å². The van der Waals surface area contributed by atoms with E-state index in [0.29, 0.717) is 32.1 Å². The molecule has 0 bridgehead atoms. The lowest BCUT2D eigenvalue weighted by Crippen LogP contribution is -2.49. The minimum Gasteiger partial charge on any atom is -0.486 e. The predicted octanol–water partition coefficient (Wildman–Crippen LogP) is 1.58. The molecule has 0 saturated carbocycles. The summed E-state index contributed by atoms with van der Waals surface area (Å²) in [7, 11) is 1.87. The Hall–Kier alpha value is -3.01. The number of anilines is 1. The van der Waals surface area contributed by atoms with Gasteiger partial charge in [-0.05, 0) is 18.2 Å². The quantitative estimate of drug-likeness (QED) is 0.582. The summed E-state index contributed by atoms with van der Waals surface area (Å²) in [6, 6.07) is 5.82. The third-order valence-corrected chi connectivity index (χ3v) is 6.29. The van der Waals surface area contributed by atoms with Gasteiger partial charge in [-0.15, -0.1) is 11.8 Å². The maximum Gasteiger partial charge on any atom is 0.233 e. The molecule has 0 atom stereocenters. The monoisotopic (exact) mass is 426 g/mol. The van der Waals surface area contributed by atoms with E-state index in [1.807, 2.05) is 30.1 Å². The molecule has 5 rings (SSSR count). The van der Waals surface area contributed by atoms with Crippen molar-refractivity contribution in [3.05, 3.63) is 30.7 Å². The van der Waals surface area contributed by atoms with Crippen molar-refractivity contribution in [2.24, 2.45) is 7.05 Å². The van der Waals surface area contributed by atoms with Crippen molar-refractivity contribution in [2.75, 3.05) is 50.0 Å². The Labute approximate surface area is 178 Å². The van der Waals surface area contributed by atoms with E-state index in [0.717, 1.165) is 46.3 Å². The molecule has 0 spiro atoms. The number of thioether (sulfide) groups is 1. The highest BCUT2D eigenvalue weighted by Gasteiger charge is 2.24. The first-order chi connectivity index (χ1) is 14.7. The molecule has 0 unspecified atom stereocenters. The summed E-state index contributed by atoms with van der Waals surface area (Å²) in [6.45, 7) is 3.95. The molecule has 0 radical (unpaired) electrons. The van der Waals surface area contributed by atoms with E-state index in [2.05, 4.69) is 20.0 Å². The molecule has 30 heavy (non-hydrogen) atoms. The van der Waals surface area contributed by atoms with E-state index in [9.17, 15) is 4.79 Å². The van der Waals surface area contributed by atoms with Crippen LogP contribution in [0.2, 0.25) is 0 Å². The highest BCUT2D eigenvalue weighted by atomic mass is 32.2. The van der Waals surface area contributed by atoms with Gasteiger partial charge in [0.25, 0.3) is 0 Å². The average Bonchev–Trinajstić information content (AvgIpc) is 3.18. The number of rotatable bonds is 4. The standard InChI is InChI=1S/C20H22N6O3S/c1-24-19-15(11-23-24)20(22-13-21-19)26-6-4-25(5-7-26)18(27)12-30-14-2-3-16-17(10-14)29-9-8-28-16/h2-3,10-11,13H,4-9,12H2,1H3. The molecule has 1 saturated heterocycles. The number of aromatic nitrogens is 4. The molecular weight excluding hydrogens is 404 g/mol. The van der Waals surface area contributed by atoms with E-state index in [1.54, 1.807) is 17.2 Å². The number of benzene rings is 1. The van der Waals surface area contributed by atoms with Crippen LogP contribution in [0.15, 0.2) is 35.6 Å². The minimum absolute atomic E-state index is 0.142. The third-order valence-electron chi connectivity index (χ3n) is 5.32. The Balaban J connectivity index is 1.18. The molecule has 9 nitrogen and oxygen atoms in total. The smallest absolute Gasteiger partial charge is 0.233 e. The Morgan fingerprint density at radius 1 is 1.10 bits per heavy atom. The van der Waals surface area contributed by atoms with Gasteiger partial charge in [-0.2, -0.15) is 5.10 Å². The fourth-order valence-electron chi connectivity index (χ4n) is 3.72. The van der Waals surface area contributed by atoms with Gasteiger partial charge in [0.2, 0.25) is 5.91 Å². The van der Waals surface area contributed by atoms with Crippen LogP contribution in [-0.4, -0.2) is 75.7 Å². The first-order valence-electron chi connectivity index (χ1n) is 9.87. The largest absolute Gasteiger partial charge is 0.486 e. The van der Waals surface area contributed by atoms with Crippen LogP contribution in [0.4, 0.5) is 5.82 Å². The number of amides is 1. The highest BCUT2D eigenvalue weighted by Crippen LogP contribution is 2.34. The molecule has 2 aliphatic rings. The van der Waals surface area contributed by atoms with Gasteiger partial charge in [0.15, 0.2) is 17.1 Å². The van der Waals surface area contributed by atoms with Crippen LogP contribution < -0.4 is 14.4 Å². The highest BCUT2D eigenvalue weighted by molar-refractivity contribution is 8.00. The van der Waals surface area contributed by atoms with Crippen LogP contribution in [0.25, 0.3) is 11.0 Å². The molecule has 2 aliphatic heterocycles. The molecule has 2 aromatic heterocycles. The van der Waals surface area contributed by atoms with E-state index in [4.69, 9.17) is 9.47 Å². The Morgan fingerprint density at radius 2 is 1.90 bits per heavy atom. The number of fused-ring (bicyclic) bond motifs is 2. The van der Waals surface area contributed by atoms with Crippen molar-refractivity contribution in [1.82, 2.24) is 24.6 Å². The van der Waals surface area contributed by atoms with Crippen LogP contribution in [0, 0.1) is 0 Å². The lowest BCUT2D eigenvalue weighted by molar-refractivity contribution is -0.128. The lowest BCUT2D eigenvalue weighted by atomic mass is 10.3. The zero-order valence-corrected chi connectivity index (χ0v) is 17.5. The first kappa shape index (κ1) is 19.0. The molecule has 1 aromatic carbocycles. The average molecular weight is 427 g/mol. The summed E-state index contributed by atoms with van der Waals surface area (Å²) in [5.41, 5.74) is 0.814. The zero-order valence-electron chi connectivity index (χ0n) is 16.7.